The summed E-state index contributed by atoms with van der Waals surface area (Å²) in [5.74, 6) is 1.81. The lowest BCUT2D eigenvalue weighted by molar-refractivity contribution is 0.882. The fourth-order valence-corrected chi connectivity index (χ4v) is 2.94. The maximum absolute atomic E-state index is 5.92. The minimum Gasteiger partial charge on any atom is -0.369 e. The van der Waals surface area contributed by atoms with Gasteiger partial charge in [0.1, 0.15) is 11.6 Å². The molecular weight excluding hydrogens is 397 g/mol. The van der Waals surface area contributed by atoms with E-state index < -0.39 is 0 Å². The van der Waals surface area contributed by atoms with E-state index in [0.717, 1.165) is 51.7 Å². The standard InChI is InChI=1S/C16H19ClIN3/c1-3-9-19-16-15(18)13(4-2)20-14(21-16)10-11-5-7-12(17)8-6-11/h5-8H,3-4,9-10H2,1-2H3,(H,19,20,21). The third-order valence-corrected chi connectivity index (χ3v) is 4.50. The zero-order valence-corrected chi connectivity index (χ0v) is 15.2. The first kappa shape index (κ1) is 16.5. The fourth-order valence-electron chi connectivity index (χ4n) is 2.00. The van der Waals surface area contributed by atoms with E-state index in [1.54, 1.807) is 0 Å². The SMILES string of the molecule is CCCNc1nc(Cc2ccc(Cl)cc2)nc(CC)c1I. The van der Waals surface area contributed by atoms with Gasteiger partial charge in [-0.05, 0) is 53.1 Å². The minimum atomic E-state index is 0.724. The van der Waals surface area contributed by atoms with Gasteiger partial charge < -0.3 is 5.32 Å². The van der Waals surface area contributed by atoms with Crippen molar-refractivity contribution < 1.29 is 0 Å². The number of benzene rings is 1. The van der Waals surface area contributed by atoms with Crippen LogP contribution in [0.5, 0.6) is 0 Å². The molecule has 0 spiro atoms. The number of hydrogen-bond donors (Lipinski definition) is 1. The Morgan fingerprint density at radius 3 is 2.48 bits per heavy atom. The van der Waals surface area contributed by atoms with Crippen molar-refractivity contribution in [3.8, 4) is 0 Å². The van der Waals surface area contributed by atoms with Crippen molar-refractivity contribution in [1.29, 1.82) is 0 Å². The Kier molecular flexibility index (Phi) is 6.23. The normalized spacial score (nSPS) is 10.7. The van der Waals surface area contributed by atoms with Crippen LogP contribution in [0.2, 0.25) is 5.02 Å². The third kappa shape index (κ3) is 4.54. The summed E-state index contributed by atoms with van der Waals surface area (Å²) in [6.07, 6.45) is 2.71. The van der Waals surface area contributed by atoms with E-state index in [4.69, 9.17) is 11.6 Å². The topological polar surface area (TPSA) is 37.8 Å². The molecule has 0 unspecified atom stereocenters. The summed E-state index contributed by atoms with van der Waals surface area (Å²) in [4.78, 5) is 9.36. The maximum Gasteiger partial charge on any atom is 0.143 e. The van der Waals surface area contributed by atoms with Gasteiger partial charge in [-0.25, -0.2) is 9.97 Å². The molecule has 0 aliphatic carbocycles. The average Bonchev–Trinajstić information content (AvgIpc) is 2.49. The van der Waals surface area contributed by atoms with E-state index in [-0.39, 0.29) is 0 Å². The van der Waals surface area contributed by atoms with Gasteiger partial charge in [-0.3, -0.25) is 0 Å². The van der Waals surface area contributed by atoms with Crippen LogP contribution >= 0.6 is 34.2 Å². The fraction of sp³-hybridized carbons (Fsp3) is 0.375. The van der Waals surface area contributed by atoms with Crippen LogP contribution in [-0.2, 0) is 12.8 Å². The van der Waals surface area contributed by atoms with Crippen LogP contribution in [0.4, 0.5) is 5.82 Å². The molecule has 1 aromatic carbocycles. The van der Waals surface area contributed by atoms with Gasteiger partial charge in [-0.15, -0.1) is 0 Å². The maximum atomic E-state index is 5.92. The average molecular weight is 416 g/mol. The van der Waals surface area contributed by atoms with Gasteiger partial charge in [-0.1, -0.05) is 37.6 Å². The van der Waals surface area contributed by atoms with Crippen LogP contribution in [0, 0.1) is 3.57 Å². The minimum absolute atomic E-state index is 0.724. The van der Waals surface area contributed by atoms with Crippen LogP contribution in [0.3, 0.4) is 0 Å². The van der Waals surface area contributed by atoms with Crippen molar-refractivity contribution in [3.63, 3.8) is 0 Å². The highest BCUT2D eigenvalue weighted by Gasteiger charge is 2.11. The Morgan fingerprint density at radius 1 is 1.14 bits per heavy atom. The van der Waals surface area contributed by atoms with E-state index in [1.807, 2.05) is 24.3 Å². The highest BCUT2D eigenvalue weighted by Crippen LogP contribution is 2.21. The predicted octanol–water partition coefficient (Wildman–Crippen LogP) is 4.71. The van der Waals surface area contributed by atoms with E-state index in [9.17, 15) is 0 Å². The smallest absolute Gasteiger partial charge is 0.143 e. The molecule has 0 amide bonds. The largest absolute Gasteiger partial charge is 0.369 e. The second kappa shape index (κ2) is 7.94. The molecule has 2 aromatic rings. The predicted molar refractivity (Wildman–Crippen MR) is 97.2 cm³/mol. The van der Waals surface area contributed by atoms with Crippen LogP contribution in [0.25, 0.3) is 0 Å². The number of hydrogen-bond acceptors (Lipinski definition) is 3. The highest BCUT2D eigenvalue weighted by molar-refractivity contribution is 14.1. The number of rotatable bonds is 6. The molecule has 0 bridgehead atoms. The van der Waals surface area contributed by atoms with Gasteiger partial charge in [0.25, 0.3) is 0 Å². The van der Waals surface area contributed by atoms with Crippen LogP contribution in [-0.4, -0.2) is 16.5 Å². The number of aromatic nitrogens is 2. The summed E-state index contributed by atoms with van der Waals surface area (Å²) in [6.45, 7) is 5.20. The lowest BCUT2D eigenvalue weighted by Gasteiger charge is -2.12. The summed E-state index contributed by atoms with van der Waals surface area (Å²) in [6, 6.07) is 7.85. The highest BCUT2D eigenvalue weighted by atomic mass is 127. The lowest BCUT2D eigenvalue weighted by atomic mass is 10.1. The molecule has 1 heterocycles. The Bertz CT molecular complexity index is 599. The quantitative estimate of drug-likeness (QED) is 0.694. The van der Waals surface area contributed by atoms with E-state index in [1.165, 1.54) is 5.56 Å². The van der Waals surface area contributed by atoms with E-state index in [0.29, 0.717) is 0 Å². The summed E-state index contributed by atoms with van der Waals surface area (Å²) in [5, 5.41) is 4.14. The lowest BCUT2D eigenvalue weighted by Crippen LogP contribution is -2.10. The summed E-state index contributed by atoms with van der Waals surface area (Å²) >= 11 is 8.25. The molecule has 0 saturated heterocycles. The second-order valence-corrected chi connectivity index (χ2v) is 6.35. The van der Waals surface area contributed by atoms with Crippen molar-refractivity contribution in [2.24, 2.45) is 0 Å². The van der Waals surface area contributed by atoms with E-state index in [2.05, 4.69) is 51.7 Å². The Balaban J connectivity index is 2.27. The number of anilines is 1. The number of nitrogens with zero attached hydrogens (tertiary/aromatic N) is 2. The van der Waals surface area contributed by atoms with Crippen molar-refractivity contribution in [2.75, 3.05) is 11.9 Å². The molecule has 0 fully saturated rings. The number of halogens is 2. The first-order valence-electron chi connectivity index (χ1n) is 7.17. The van der Waals surface area contributed by atoms with Crippen molar-refractivity contribution in [3.05, 3.63) is 49.9 Å². The van der Waals surface area contributed by atoms with Crippen molar-refractivity contribution >= 4 is 40.0 Å². The number of nitrogens with one attached hydrogen (secondary N) is 1. The van der Waals surface area contributed by atoms with Gasteiger partial charge in [0.05, 0.1) is 9.26 Å². The monoisotopic (exact) mass is 415 g/mol. The van der Waals surface area contributed by atoms with Crippen LogP contribution in [0.15, 0.2) is 24.3 Å². The molecule has 3 nitrogen and oxygen atoms in total. The summed E-state index contributed by atoms with van der Waals surface area (Å²) < 4.78 is 1.13. The Morgan fingerprint density at radius 2 is 1.86 bits per heavy atom. The van der Waals surface area contributed by atoms with Gasteiger partial charge >= 0.3 is 0 Å². The van der Waals surface area contributed by atoms with Gasteiger partial charge in [-0.2, -0.15) is 0 Å². The molecule has 0 aliphatic rings. The zero-order chi connectivity index (χ0) is 15.2. The Labute approximate surface area is 144 Å². The van der Waals surface area contributed by atoms with Gasteiger partial charge in [0, 0.05) is 18.0 Å². The molecule has 1 N–H and O–H groups in total. The molecule has 0 atom stereocenters. The molecule has 2 rings (SSSR count). The van der Waals surface area contributed by atoms with Gasteiger partial charge in [0.15, 0.2) is 0 Å². The zero-order valence-electron chi connectivity index (χ0n) is 12.3. The molecule has 5 heteroatoms. The number of aryl methyl sites for hydroxylation is 1. The van der Waals surface area contributed by atoms with E-state index >= 15 is 0 Å². The Hall–Kier alpha value is -0.880. The third-order valence-electron chi connectivity index (χ3n) is 3.12. The molecule has 0 aliphatic heterocycles. The molecule has 21 heavy (non-hydrogen) atoms. The second-order valence-electron chi connectivity index (χ2n) is 4.83. The van der Waals surface area contributed by atoms with Crippen molar-refractivity contribution in [2.45, 2.75) is 33.1 Å². The van der Waals surface area contributed by atoms with Crippen molar-refractivity contribution in [1.82, 2.24) is 9.97 Å². The molecule has 0 radical (unpaired) electrons. The molecule has 112 valence electrons. The van der Waals surface area contributed by atoms with Crippen LogP contribution in [0.1, 0.15) is 37.4 Å². The first-order chi connectivity index (χ1) is 10.1. The summed E-state index contributed by atoms with van der Waals surface area (Å²) in [5.41, 5.74) is 2.28. The molecular formula is C16H19ClIN3. The first-order valence-corrected chi connectivity index (χ1v) is 8.63. The summed E-state index contributed by atoms with van der Waals surface area (Å²) in [7, 11) is 0. The molecule has 1 aromatic heterocycles. The van der Waals surface area contributed by atoms with Gasteiger partial charge in [0.2, 0.25) is 0 Å². The molecule has 0 saturated carbocycles. The van der Waals surface area contributed by atoms with Crippen LogP contribution < -0.4 is 5.32 Å².